The Hall–Kier alpha value is -1.42. The van der Waals surface area contributed by atoms with Crippen LogP contribution in [0.25, 0.3) is 0 Å². The first-order valence-corrected chi connectivity index (χ1v) is 9.62. The summed E-state index contributed by atoms with van der Waals surface area (Å²) in [6, 6.07) is 4.60. The molecule has 3 fully saturated rings. The van der Waals surface area contributed by atoms with Crippen molar-refractivity contribution in [3.05, 3.63) is 30.1 Å². The molecule has 1 aromatic heterocycles. The molecule has 1 aromatic rings. The zero-order valence-corrected chi connectivity index (χ0v) is 14.7. The molecule has 4 heteroatoms. The zero-order chi connectivity index (χ0) is 16.5. The van der Waals surface area contributed by atoms with E-state index in [2.05, 4.69) is 27.8 Å². The Kier molecular flexibility index (Phi) is 4.57. The smallest absolute Gasteiger partial charge is 0.225 e. The van der Waals surface area contributed by atoms with E-state index in [-0.39, 0.29) is 0 Å². The average Bonchev–Trinajstić information content (AvgIpc) is 3.16. The van der Waals surface area contributed by atoms with Crippen LogP contribution in [0.15, 0.2) is 24.5 Å². The van der Waals surface area contributed by atoms with Crippen LogP contribution in [0.5, 0.6) is 0 Å². The van der Waals surface area contributed by atoms with Gasteiger partial charge in [0.25, 0.3) is 0 Å². The summed E-state index contributed by atoms with van der Waals surface area (Å²) in [6.45, 7) is 6.43. The minimum Gasteiger partial charge on any atom is -0.338 e. The Balaban J connectivity index is 1.37. The van der Waals surface area contributed by atoms with Crippen LogP contribution in [0.3, 0.4) is 0 Å². The van der Waals surface area contributed by atoms with Gasteiger partial charge in [-0.15, -0.1) is 0 Å². The molecular formula is C20H29N3O. The maximum Gasteiger partial charge on any atom is 0.225 e. The number of carbonyl (C=O) groups excluding carboxylic acids is 1. The SMILES string of the molecule is CC1CCC(C(=O)N2CC[C@H]3CN(Cc4cccnc4)C[C@H]32)CC1. The van der Waals surface area contributed by atoms with E-state index in [0.29, 0.717) is 23.8 Å². The van der Waals surface area contributed by atoms with E-state index in [1.165, 1.54) is 24.8 Å². The fourth-order valence-corrected chi connectivity index (χ4v) is 4.94. The highest BCUT2D eigenvalue weighted by molar-refractivity contribution is 5.79. The van der Waals surface area contributed by atoms with Crippen molar-refractivity contribution in [2.24, 2.45) is 17.8 Å². The summed E-state index contributed by atoms with van der Waals surface area (Å²) in [5.41, 5.74) is 1.27. The third-order valence-corrected chi connectivity index (χ3v) is 6.40. The first-order chi connectivity index (χ1) is 11.7. The van der Waals surface area contributed by atoms with Crippen LogP contribution in [-0.4, -0.2) is 46.4 Å². The van der Waals surface area contributed by atoms with Crippen molar-refractivity contribution in [2.45, 2.75) is 51.6 Å². The van der Waals surface area contributed by atoms with E-state index in [0.717, 1.165) is 44.9 Å². The fraction of sp³-hybridized carbons (Fsp3) is 0.700. The third-order valence-electron chi connectivity index (χ3n) is 6.40. The standard InChI is InChI=1S/C20H29N3O/c1-15-4-6-17(7-5-15)20(24)23-10-8-18-13-22(14-19(18)23)12-16-3-2-9-21-11-16/h2-3,9,11,15,17-19H,4-8,10,12-14H2,1H3/t15?,17?,18-,19+/m0/s1. The Bertz CT molecular complexity index is 568. The molecule has 0 aromatic carbocycles. The highest BCUT2D eigenvalue weighted by Crippen LogP contribution is 2.36. The van der Waals surface area contributed by atoms with Crippen molar-refractivity contribution < 1.29 is 4.79 Å². The third kappa shape index (κ3) is 3.21. The van der Waals surface area contributed by atoms with Crippen molar-refractivity contribution in [3.63, 3.8) is 0 Å². The van der Waals surface area contributed by atoms with Crippen molar-refractivity contribution in [2.75, 3.05) is 19.6 Å². The lowest BCUT2D eigenvalue weighted by molar-refractivity contribution is -0.137. The van der Waals surface area contributed by atoms with E-state index in [1.54, 1.807) is 0 Å². The second kappa shape index (κ2) is 6.83. The number of carbonyl (C=O) groups is 1. The summed E-state index contributed by atoms with van der Waals surface area (Å²) >= 11 is 0. The van der Waals surface area contributed by atoms with Crippen LogP contribution in [0.2, 0.25) is 0 Å². The van der Waals surface area contributed by atoms with Gasteiger partial charge in [0.15, 0.2) is 0 Å². The molecule has 0 unspecified atom stereocenters. The van der Waals surface area contributed by atoms with Crippen molar-refractivity contribution in [1.82, 2.24) is 14.8 Å². The molecule has 0 N–H and O–H groups in total. The number of hydrogen-bond acceptors (Lipinski definition) is 3. The molecule has 0 radical (unpaired) electrons. The van der Waals surface area contributed by atoms with E-state index >= 15 is 0 Å². The van der Waals surface area contributed by atoms with Crippen LogP contribution < -0.4 is 0 Å². The number of nitrogens with zero attached hydrogens (tertiary/aromatic N) is 3. The van der Waals surface area contributed by atoms with Gasteiger partial charge in [-0.25, -0.2) is 0 Å². The molecule has 1 saturated carbocycles. The first kappa shape index (κ1) is 16.1. The molecule has 2 aliphatic heterocycles. The van der Waals surface area contributed by atoms with E-state index in [4.69, 9.17) is 0 Å². The number of pyridine rings is 1. The van der Waals surface area contributed by atoms with Gasteiger partial charge in [-0.1, -0.05) is 13.0 Å². The van der Waals surface area contributed by atoms with Crippen LogP contribution >= 0.6 is 0 Å². The lowest BCUT2D eigenvalue weighted by Gasteiger charge is -2.32. The van der Waals surface area contributed by atoms with E-state index in [1.807, 2.05) is 18.5 Å². The van der Waals surface area contributed by atoms with Gasteiger partial charge in [-0.2, -0.15) is 0 Å². The molecule has 3 heterocycles. The Morgan fingerprint density at radius 1 is 1.21 bits per heavy atom. The summed E-state index contributed by atoms with van der Waals surface area (Å²) in [7, 11) is 0. The zero-order valence-electron chi connectivity index (χ0n) is 14.7. The molecule has 2 saturated heterocycles. The highest BCUT2D eigenvalue weighted by Gasteiger charge is 2.44. The monoisotopic (exact) mass is 327 g/mol. The summed E-state index contributed by atoms with van der Waals surface area (Å²) < 4.78 is 0. The van der Waals surface area contributed by atoms with Crippen molar-refractivity contribution >= 4 is 5.91 Å². The molecule has 4 nitrogen and oxygen atoms in total. The molecule has 0 bridgehead atoms. The lowest BCUT2D eigenvalue weighted by Crippen LogP contribution is -2.43. The predicted octanol–water partition coefficient (Wildman–Crippen LogP) is 2.94. The first-order valence-electron chi connectivity index (χ1n) is 9.62. The fourth-order valence-electron chi connectivity index (χ4n) is 4.94. The van der Waals surface area contributed by atoms with Crippen LogP contribution in [0.1, 0.15) is 44.6 Å². The Morgan fingerprint density at radius 2 is 2.04 bits per heavy atom. The van der Waals surface area contributed by atoms with E-state index < -0.39 is 0 Å². The van der Waals surface area contributed by atoms with Crippen LogP contribution in [0.4, 0.5) is 0 Å². The normalized spacial score (nSPS) is 33.6. The minimum atomic E-state index is 0.298. The van der Waals surface area contributed by atoms with Gasteiger partial charge in [0.2, 0.25) is 5.91 Å². The second-order valence-electron chi connectivity index (χ2n) is 8.16. The predicted molar refractivity (Wildman–Crippen MR) is 94.2 cm³/mol. The van der Waals surface area contributed by atoms with Gasteiger partial charge in [0, 0.05) is 50.5 Å². The summed E-state index contributed by atoms with van der Waals surface area (Å²) in [5, 5.41) is 0. The van der Waals surface area contributed by atoms with Gasteiger partial charge in [0.1, 0.15) is 0 Å². The van der Waals surface area contributed by atoms with Gasteiger partial charge >= 0.3 is 0 Å². The quantitative estimate of drug-likeness (QED) is 0.856. The summed E-state index contributed by atoms with van der Waals surface area (Å²) in [4.78, 5) is 22.0. The molecule has 3 aliphatic rings. The Labute approximate surface area is 145 Å². The van der Waals surface area contributed by atoms with Crippen molar-refractivity contribution in [1.29, 1.82) is 0 Å². The molecule has 0 spiro atoms. The van der Waals surface area contributed by atoms with Crippen molar-refractivity contribution in [3.8, 4) is 0 Å². The van der Waals surface area contributed by atoms with E-state index in [9.17, 15) is 4.79 Å². The topological polar surface area (TPSA) is 36.4 Å². The van der Waals surface area contributed by atoms with Gasteiger partial charge in [-0.05, 0) is 55.6 Å². The summed E-state index contributed by atoms with van der Waals surface area (Å²) in [6.07, 6.45) is 9.63. The minimum absolute atomic E-state index is 0.298. The molecule has 2 atom stereocenters. The molecule has 130 valence electrons. The number of fused-ring (bicyclic) bond motifs is 1. The molecule has 4 rings (SSSR count). The number of amides is 1. The maximum absolute atomic E-state index is 13.0. The molecule has 24 heavy (non-hydrogen) atoms. The Morgan fingerprint density at radius 3 is 2.79 bits per heavy atom. The second-order valence-corrected chi connectivity index (χ2v) is 8.16. The van der Waals surface area contributed by atoms with Gasteiger partial charge in [0.05, 0.1) is 0 Å². The number of aromatic nitrogens is 1. The molecule has 1 amide bonds. The molecular weight excluding hydrogens is 298 g/mol. The average molecular weight is 327 g/mol. The van der Waals surface area contributed by atoms with Crippen LogP contribution in [-0.2, 0) is 11.3 Å². The lowest BCUT2D eigenvalue weighted by atomic mass is 9.82. The number of hydrogen-bond donors (Lipinski definition) is 0. The van der Waals surface area contributed by atoms with Crippen LogP contribution in [0, 0.1) is 17.8 Å². The van der Waals surface area contributed by atoms with Gasteiger partial charge in [-0.3, -0.25) is 14.7 Å². The highest BCUT2D eigenvalue weighted by atomic mass is 16.2. The number of rotatable bonds is 3. The maximum atomic E-state index is 13.0. The summed E-state index contributed by atoms with van der Waals surface area (Å²) in [5.74, 6) is 2.24. The number of likely N-dealkylation sites (tertiary alicyclic amines) is 2. The largest absolute Gasteiger partial charge is 0.338 e. The van der Waals surface area contributed by atoms with Gasteiger partial charge < -0.3 is 4.90 Å². The molecule has 1 aliphatic carbocycles.